The maximum Gasteiger partial charge on any atom is 0.116 e. The highest BCUT2D eigenvalue weighted by Crippen LogP contribution is 2.18. The second-order valence-corrected chi connectivity index (χ2v) is 5.26. The average Bonchev–Trinajstić information content (AvgIpc) is 2.77. The molecular formula is C16H15N3S. The Morgan fingerprint density at radius 3 is 2.50 bits per heavy atom. The van der Waals surface area contributed by atoms with Crippen LogP contribution < -0.4 is 5.73 Å². The number of nitrogens with two attached hydrogens (primary N) is 1. The van der Waals surface area contributed by atoms with Crippen LogP contribution in [0.5, 0.6) is 0 Å². The van der Waals surface area contributed by atoms with Crippen molar-refractivity contribution < 1.29 is 0 Å². The van der Waals surface area contributed by atoms with E-state index >= 15 is 0 Å². The van der Waals surface area contributed by atoms with Gasteiger partial charge < -0.3 is 10.3 Å². The predicted octanol–water partition coefficient (Wildman–Crippen LogP) is 2.91. The number of para-hydroxylation sites is 2. The summed E-state index contributed by atoms with van der Waals surface area (Å²) in [5.41, 5.74) is 9.02. The molecule has 0 amide bonds. The Hall–Kier alpha value is -2.20. The molecule has 0 fully saturated rings. The van der Waals surface area contributed by atoms with Gasteiger partial charge in [-0.2, -0.15) is 0 Å². The maximum atomic E-state index is 5.69. The molecule has 0 radical (unpaired) electrons. The molecule has 4 heteroatoms. The molecule has 0 atom stereocenters. The van der Waals surface area contributed by atoms with Crippen molar-refractivity contribution in [1.82, 2.24) is 9.55 Å². The normalized spacial score (nSPS) is 10.8. The van der Waals surface area contributed by atoms with Crippen molar-refractivity contribution >= 4 is 28.2 Å². The number of imidazole rings is 1. The van der Waals surface area contributed by atoms with Crippen LogP contribution in [0.4, 0.5) is 0 Å². The van der Waals surface area contributed by atoms with Crippen LogP contribution in [0.25, 0.3) is 11.0 Å². The smallest absolute Gasteiger partial charge is 0.116 e. The minimum Gasteiger partial charge on any atom is -0.393 e. The first-order valence-electron chi connectivity index (χ1n) is 6.50. The van der Waals surface area contributed by atoms with E-state index in [2.05, 4.69) is 27.8 Å². The number of rotatable bonds is 4. The molecule has 100 valence electrons. The lowest BCUT2D eigenvalue weighted by atomic mass is 10.2. The minimum atomic E-state index is 0.467. The monoisotopic (exact) mass is 281 g/mol. The van der Waals surface area contributed by atoms with E-state index in [1.54, 1.807) is 0 Å². The Morgan fingerprint density at radius 2 is 1.75 bits per heavy atom. The molecule has 0 aliphatic heterocycles. The molecule has 3 nitrogen and oxygen atoms in total. The number of benzene rings is 2. The standard InChI is InChI=1S/C16H15N3S/c17-15(20)10-16-18-13-8-4-5-9-14(13)19(16)11-12-6-2-1-3-7-12/h1-9H,10-11H2,(H2,17,20). The topological polar surface area (TPSA) is 43.8 Å². The molecule has 3 rings (SSSR count). The van der Waals surface area contributed by atoms with Crippen LogP contribution in [0.1, 0.15) is 11.4 Å². The summed E-state index contributed by atoms with van der Waals surface area (Å²) in [5.74, 6) is 0.919. The first-order chi connectivity index (χ1) is 9.74. The van der Waals surface area contributed by atoms with E-state index in [9.17, 15) is 0 Å². The van der Waals surface area contributed by atoms with Gasteiger partial charge in [0.05, 0.1) is 22.4 Å². The number of fused-ring (bicyclic) bond motifs is 1. The lowest BCUT2D eigenvalue weighted by Crippen LogP contribution is -2.15. The summed E-state index contributed by atoms with van der Waals surface area (Å²) in [6.07, 6.45) is 0.525. The van der Waals surface area contributed by atoms with E-state index in [-0.39, 0.29) is 0 Å². The molecule has 0 bridgehead atoms. The van der Waals surface area contributed by atoms with Crippen LogP contribution in [0.15, 0.2) is 54.6 Å². The highest BCUT2D eigenvalue weighted by Gasteiger charge is 2.11. The lowest BCUT2D eigenvalue weighted by molar-refractivity contribution is 0.774. The van der Waals surface area contributed by atoms with Crippen LogP contribution in [-0.2, 0) is 13.0 Å². The third-order valence-electron chi connectivity index (χ3n) is 3.25. The van der Waals surface area contributed by atoms with Gasteiger partial charge in [0.1, 0.15) is 5.82 Å². The van der Waals surface area contributed by atoms with E-state index < -0.39 is 0 Å². The van der Waals surface area contributed by atoms with Gasteiger partial charge in [0, 0.05) is 6.54 Å². The largest absolute Gasteiger partial charge is 0.393 e. The van der Waals surface area contributed by atoms with E-state index in [1.807, 2.05) is 36.4 Å². The Bertz CT molecular complexity index is 747. The first-order valence-corrected chi connectivity index (χ1v) is 6.91. The zero-order valence-electron chi connectivity index (χ0n) is 11.0. The second kappa shape index (κ2) is 5.43. The Kier molecular flexibility index (Phi) is 3.48. The van der Waals surface area contributed by atoms with Gasteiger partial charge in [-0.05, 0) is 17.7 Å². The molecular weight excluding hydrogens is 266 g/mol. The third kappa shape index (κ3) is 2.56. The van der Waals surface area contributed by atoms with Crippen molar-refractivity contribution in [3.8, 4) is 0 Å². The van der Waals surface area contributed by atoms with Gasteiger partial charge in [0.2, 0.25) is 0 Å². The van der Waals surface area contributed by atoms with Crippen molar-refractivity contribution in [3.63, 3.8) is 0 Å². The average molecular weight is 281 g/mol. The van der Waals surface area contributed by atoms with Gasteiger partial charge in [-0.15, -0.1) is 0 Å². The maximum absolute atomic E-state index is 5.69. The lowest BCUT2D eigenvalue weighted by Gasteiger charge is -2.09. The van der Waals surface area contributed by atoms with Crippen molar-refractivity contribution in [3.05, 3.63) is 66.0 Å². The number of nitrogens with zero attached hydrogens (tertiary/aromatic N) is 2. The molecule has 2 aromatic carbocycles. The van der Waals surface area contributed by atoms with Crippen LogP contribution in [-0.4, -0.2) is 14.5 Å². The molecule has 20 heavy (non-hydrogen) atoms. The summed E-state index contributed by atoms with van der Waals surface area (Å²) in [7, 11) is 0. The van der Waals surface area contributed by atoms with E-state index in [4.69, 9.17) is 18.0 Å². The molecule has 1 heterocycles. The van der Waals surface area contributed by atoms with Gasteiger partial charge in [-0.25, -0.2) is 4.98 Å². The third-order valence-corrected chi connectivity index (χ3v) is 3.39. The van der Waals surface area contributed by atoms with Gasteiger partial charge in [-0.1, -0.05) is 54.7 Å². The highest BCUT2D eigenvalue weighted by atomic mass is 32.1. The number of aromatic nitrogens is 2. The Balaban J connectivity index is 2.08. The van der Waals surface area contributed by atoms with E-state index in [0.717, 1.165) is 23.4 Å². The van der Waals surface area contributed by atoms with Gasteiger partial charge >= 0.3 is 0 Å². The molecule has 1 aromatic heterocycles. The van der Waals surface area contributed by atoms with Crippen LogP contribution >= 0.6 is 12.2 Å². The van der Waals surface area contributed by atoms with Crippen LogP contribution in [0, 0.1) is 0 Å². The van der Waals surface area contributed by atoms with Crippen molar-refractivity contribution in [1.29, 1.82) is 0 Å². The zero-order valence-corrected chi connectivity index (χ0v) is 11.8. The number of hydrogen-bond acceptors (Lipinski definition) is 2. The van der Waals surface area contributed by atoms with Crippen LogP contribution in [0.3, 0.4) is 0 Å². The molecule has 0 aliphatic carbocycles. The molecule has 3 aromatic rings. The fourth-order valence-corrected chi connectivity index (χ4v) is 2.49. The van der Waals surface area contributed by atoms with Crippen molar-refractivity contribution in [2.75, 3.05) is 0 Å². The fraction of sp³-hybridized carbons (Fsp3) is 0.125. The summed E-state index contributed by atoms with van der Waals surface area (Å²) < 4.78 is 2.18. The van der Waals surface area contributed by atoms with Crippen molar-refractivity contribution in [2.24, 2.45) is 5.73 Å². The summed E-state index contributed by atoms with van der Waals surface area (Å²) in [6.45, 7) is 0.777. The van der Waals surface area contributed by atoms with Gasteiger partial charge in [-0.3, -0.25) is 0 Å². The Morgan fingerprint density at radius 1 is 1.05 bits per heavy atom. The summed E-state index contributed by atoms with van der Waals surface area (Å²) in [5, 5.41) is 0. The summed E-state index contributed by atoms with van der Waals surface area (Å²) >= 11 is 5.03. The first kappa shape index (κ1) is 12.8. The minimum absolute atomic E-state index is 0.467. The highest BCUT2D eigenvalue weighted by molar-refractivity contribution is 7.80. The predicted molar refractivity (Wildman–Crippen MR) is 85.8 cm³/mol. The molecule has 0 unspecified atom stereocenters. The van der Waals surface area contributed by atoms with Crippen molar-refractivity contribution in [2.45, 2.75) is 13.0 Å². The van der Waals surface area contributed by atoms with E-state index in [1.165, 1.54) is 5.56 Å². The van der Waals surface area contributed by atoms with E-state index in [0.29, 0.717) is 11.4 Å². The molecule has 0 aliphatic rings. The SMILES string of the molecule is NC(=S)Cc1nc2ccccc2n1Cc1ccccc1. The molecule has 0 saturated carbocycles. The quantitative estimate of drug-likeness (QED) is 0.748. The molecule has 2 N–H and O–H groups in total. The Labute approximate surface area is 123 Å². The zero-order chi connectivity index (χ0) is 13.9. The molecule has 0 spiro atoms. The fourth-order valence-electron chi connectivity index (χ4n) is 2.36. The second-order valence-electron chi connectivity index (χ2n) is 4.73. The number of thiocarbonyl (C=S) groups is 1. The summed E-state index contributed by atoms with van der Waals surface area (Å²) in [4.78, 5) is 5.11. The van der Waals surface area contributed by atoms with Crippen LogP contribution in [0.2, 0.25) is 0 Å². The van der Waals surface area contributed by atoms with Gasteiger partial charge in [0.15, 0.2) is 0 Å². The van der Waals surface area contributed by atoms with Gasteiger partial charge in [0.25, 0.3) is 0 Å². The number of hydrogen-bond donors (Lipinski definition) is 1. The summed E-state index contributed by atoms with van der Waals surface area (Å²) in [6, 6.07) is 18.4. The molecule has 0 saturated heterocycles.